The maximum Gasteiger partial charge on any atom is 0.423 e. The van der Waals surface area contributed by atoms with Gasteiger partial charge in [-0.25, -0.2) is 13.2 Å². The van der Waals surface area contributed by atoms with Gasteiger partial charge in [-0.3, -0.25) is 4.40 Å². The van der Waals surface area contributed by atoms with E-state index < -0.39 is 53.1 Å². The van der Waals surface area contributed by atoms with Crippen LogP contribution in [0.4, 0.5) is 26.3 Å². The van der Waals surface area contributed by atoms with Gasteiger partial charge in [-0.05, 0) is 49.4 Å². The minimum atomic E-state index is -4.83. The lowest BCUT2D eigenvalue weighted by atomic mass is 9.78. The Bertz CT molecular complexity index is 1200. The standard InChI is InChI=1S/C23H21F6N3O2/c1-33-21(13-2-4-14(24)5-3-13)9-6-15(7-10-21)34-17-8-11-32-19(16-12-22(16,25)26)30-31-20(32)18(17)23(27,28)29/h2-5,8,11,15-16H,6-7,9-10,12H2,1H3/t15-,16-,21-/m1/s1. The summed E-state index contributed by atoms with van der Waals surface area (Å²) in [6.07, 6.45) is -2.84. The zero-order chi connectivity index (χ0) is 24.3. The van der Waals surface area contributed by atoms with Crippen LogP contribution in [0.2, 0.25) is 0 Å². The van der Waals surface area contributed by atoms with E-state index in [0.29, 0.717) is 25.7 Å². The number of ether oxygens (including phenoxy) is 2. The van der Waals surface area contributed by atoms with E-state index in [1.165, 1.54) is 18.3 Å². The largest absolute Gasteiger partial charge is 0.490 e. The fourth-order valence-corrected chi connectivity index (χ4v) is 4.77. The van der Waals surface area contributed by atoms with Crippen LogP contribution in [0.5, 0.6) is 5.75 Å². The van der Waals surface area contributed by atoms with Crippen molar-refractivity contribution in [2.45, 2.75) is 61.8 Å². The normalized spacial score (nSPS) is 26.6. The van der Waals surface area contributed by atoms with Crippen molar-refractivity contribution in [1.82, 2.24) is 14.6 Å². The Hall–Kier alpha value is -2.82. The number of pyridine rings is 1. The molecule has 1 aromatic carbocycles. The Kier molecular flexibility index (Phi) is 5.30. The van der Waals surface area contributed by atoms with Gasteiger partial charge in [0.1, 0.15) is 23.0 Å². The molecule has 0 radical (unpaired) electrons. The average Bonchev–Trinajstić information content (AvgIpc) is 3.22. The molecule has 0 unspecified atom stereocenters. The number of nitrogens with zero attached hydrogens (tertiary/aromatic N) is 3. The molecular weight excluding hydrogens is 464 g/mol. The molecule has 2 aliphatic rings. The second-order valence-corrected chi connectivity index (χ2v) is 8.84. The molecule has 5 rings (SSSR count). The van der Waals surface area contributed by atoms with Gasteiger partial charge in [0.05, 0.1) is 17.6 Å². The first kappa shape index (κ1) is 22.9. The van der Waals surface area contributed by atoms with Crippen molar-refractivity contribution >= 4 is 5.65 Å². The van der Waals surface area contributed by atoms with Gasteiger partial charge < -0.3 is 9.47 Å². The molecule has 5 nitrogen and oxygen atoms in total. The number of fused-ring (bicyclic) bond motifs is 1. The van der Waals surface area contributed by atoms with Crippen molar-refractivity contribution in [1.29, 1.82) is 0 Å². The number of rotatable bonds is 5. The van der Waals surface area contributed by atoms with Gasteiger partial charge in [0, 0.05) is 19.7 Å². The molecule has 0 aliphatic heterocycles. The van der Waals surface area contributed by atoms with Crippen LogP contribution in [0.3, 0.4) is 0 Å². The lowest BCUT2D eigenvalue weighted by molar-refractivity contribution is -0.138. The van der Waals surface area contributed by atoms with Crippen molar-refractivity contribution in [3.8, 4) is 5.75 Å². The lowest BCUT2D eigenvalue weighted by Gasteiger charge is -2.39. The van der Waals surface area contributed by atoms with Crippen LogP contribution in [0.1, 0.15) is 55.0 Å². The van der Waals surface area contributed by atoms with E-state index in [4.69, 9.17) is 9.47 Å². The summed E-state index contributed by atoms with van der Waals surface area (Å²) in [5.41, 5.74) is -1.59. The topological polar surface area (TPSA) is 48.7 Å². The average molecular weight is 485 g/mol. The Morgan fingerprint density at radius 1 is 1.03 bits per heavy atom. The SMILES string of the molecule is CO[C@]1(c2ccc(F)cc2)CC[C@@H](Oc2ccn3c([C@H]4CC4(F)F)nnc3c2C(F)(F)F)CC1. The van der Waals surface area contributed by atoms with E-state index in [2.05, 4.69) is 10.2 Å². The molecule has 2 saturated carbocycles. The molecule has 0 bridgehead atoms. The summed E-state index contributed by atoms with van der Waals surface area (Å²) in [7, 11) is 1.55. The minimum Gasteiger partial charge on any atom is -0.490 e. The zero-order valence-corrected chi connectivity index (χ0v) is 18.1. The molecule has 182 valence electrons. The van der Waals surface area contributed by atoms with E-state index >= 15 is 0 Å². The van der Waals surface area contributed by atoms with Gasteiger partial charge in [0.2, 0.25) is 0 Å². The number of methoxy groups -OCH3 is 1. The smallest absolute Gasteiger partial charge is 0.423 e. The highest BCUT2D eigenvalue weighted by Gasteiger charge is 2.60. The Labute approximate surface area is 190 Å². The molecule has 0 amide bonds. The van der Waals surface area contributed by atoms with Crippen molar-refractivity contribution < 1.29 is 35.8 Å². The number of benzene rings is 1. The fourth-order valence-electron chi connectivity index (χ4n) is 4.77. The highest BCUT2D eigenvalue weighted by atomic mass is 19.4. The van der Waals surface area contributed by atoms with E-state index in [1.54, 1.807) is 19.2 Å². The molecule has 2 aromatic heterocycles. The highest BCUT2D eigenvalue weighted by molar-refractivity contribution is 5.57. The number of aromatic nitrogens is 3. The number of halogens is 6. The van der Waals surface area contributed by atoms with Crippen LogP contribution in [0.25, 0.3) is 5.65 Å². The maximum absolute atomic E-state index is 14.0. The van der Waals surface area contributed by atoms with Crippen LogP contribution < -0.4 is 4.74 Å². The third-order valence-electron chi connectivity index (χ3n) is 6.78. The molecule has 1 atom stereocenters. The molecule has 0 spiro atoms. The lowest BCUT2D eigenvalue weighted by Crippen LogP contribution is -2.37. The molecule has 0 N–H and O–H groups in total. The van der Waals surface area contributed by atoms with Gasteiger partial charge in [0.15, 0.2) is 5.65 Å². The first-order valence-electron chi connectivity index (χ1n) is 10.8. The van der Waals surface area contributed by atoms with Gasteiger partial charge >= 0.3 is 6.18 Å². The molecule has 2 aliphatic carbocycles. The second-order valence-electron chi connectivity index (χ2n) is 8.84. The van der Waals surface area contributed by atoms with Crippen LogP contribution in [0, 0.1) is 5.82 Å². The van der Waals surface area contributed by atoms with Crippen molar-refractivity contribution in [3.05, 3.63) is 59.3 Å². The number of hydrogen-bond donors (Lipinski definition) is 0. The second kappa shape index (κ2) is 7.86. The van der Waals surface area contributed by atoms with Crippen molar-refractivity contribution in [2.75, 3.05) is 7.11 Å². The third kappa shape index (κ3) is 3.89. The summed E-state index contributed by atoms with van der Waals surface area (Å²) in [5.74, 6) is -5.22. The first-order valence-corrected chi connectivity index (χ1v) is 10.8. The molecule has 2 fully saturated rings. The third-order valence-corrected chi connectivity index (χ3v) is 6.78. The molecule has 11 heteroatoms. The summed E-state index contributed by atoms with van der Waals surface area (Å²) in [6.45, 7) is 0. The fraction of sp³-hybridized carbons (Fsp3) is 0.478. The maximum atomic E-state index is 14.0. The zero-order valence-electron chi connectivity index (χ0n) is 18.1. The quantitative estimate of drug-likeness (QED) is 0.424. The Morgan fingerprint density at radius 3 is 2.24 bits per heavy atom. The van der Waals surface area contributed by atoms with Gasteiger partial charge in [-0.2, -0.15) is 13.2 Å². The van der Waals surface area contributed by atoms with Crippen LogP contribution in [-0.2, 0) is 16.5 Å². The van der Waals surface area contributed by atoms with Gasteiger partial charge in [-0.15, -0.1) is 10.2 Å². The van der Waals surface area contributed by atoms with E-state index in [9.17, 15) is 26.3 Å². The molecule has 34 heavy (non-hydrogen) atoms. The van der Waals surface area contributed by atoms with Gasteiger partial charge in [-0.1, -0.05) is 12.1 Å². The molecule has 0 saturated heterocycles. The molecular formula is C23H21F6N3O2. The van der Waals surface area contributed by atoms with Crippen LogP contribution in [-0.4, -0.2) is 33.7 Å². The van der Waals surface area contributed by atoms with Crippen LogP contribution in [0.15, 0.2) is 36.5 Å². The predicted octanol–water partition coefficient (Wildman–Crippen LogP) is 5.87. The summed E-state index contributed by atoms with van der Waals surface area (Å²) >= 11 is 0. The Balaban J connectivity index is 1.39. The van der Waals surface area contributed by atoms with E-state index in [0.717, 1.165) is 16.0 Å². The summed E-state index contributed by atoms with van der Waals surface area (Å²) in [6, 6.07) is 7.09. The summed E-state index contributed by atoms with van der Waals surface area (Å²) in [5, 5.41) is 7.20. The summed E-state index contributed by atoms with van der Waals surface area (Å²) in [4.78, 5) is 0. The molecule has 3 aromatic rings. The van der Waals surface area contributed by atoms with E-state index in [-0.39, 0.29) is 11.6 Å². The minimum absolute atomic E-state index is 0.195. The first-order chi connectivity index (χ1) is 16.0. The Morgan fingerprint density at radius 2 is 1.68 bits per heavy atom. The van der Waals surface area contributed by atoms with Gasteiger partial charge in [0.25, 0.3) is 5.92 Å². The number of hydrogen-bond acceptors (Lipinski definition) is 4. The predicted molar refractivity (Wildman–Crippen MR) is 108 cm³/mol. The summed E-state index contributed by atoms with van der Waals surface area (Å²) < 4.78 is 94.7. The van der Waals surface area contributed by atoms with Crippen molar-refractivity contribution in [3.63, 3.8) is 0 Å². The highest BCUT2D eigenvalue weighted by Crippen LogP contribution is 2.55. The van der Waals surface area contributed by atoms with Crippen LogP contribution >= 0.6 is 0 Å². The molecule has 2 heterocycles. The number of alkyl halides is 5. The van der Waals surface area contributed by atoms with Crippen molar-refractivity contribution in [2.24, 2.45) is 0 Å². The van der Waals surface area contributed by atoms with E-state index in [1.807, 2.05) is 0 Å². The monoisotopic (exact) mass is 485 g/mol.